The molecule has 1 fully saturated rings. The third kappa shape index (κ3) is 4.58. The summed E-state index contributed by atoms with van der Waals surface area (Å²) in [6.45, 7) is 8.48. The Balaban J connectivity index is 1.95. The highest BCUT2D eigenvalue weighted by Crippen LogP contribution is 2.39. The molecule has 0 unspecified atom stereocenters. The van der Waals surface area contributed by atoms with Gasteiger partial charge in [-0.05, 0) is 49.1 Å². The first kappa shape index (κ1) is 18.5. The molecule has 0 saturated heterocycles. The molecule has 0 aromatic heterocycles. The molecule has 1 saturated carbocycles. The zero-order chi connectivity index (χ0) is 17.7. The summed E-state index contributed by atoms with van der Waals surface area (Å²) in [6.07, 6.45) is 3.07. The molecule has 2 N–H and O–H groups in total. The minimum atomic E-state index is -0.727. The van der Waals surface area contributed by atoms with Crippen molar-refractivity contribution in [3.8, 4) is 6.07 Å². The van der Waals surface area contributed by atoms with Crippen LogP contribution in [0, 0.1) is 23.2 Å². The Kier molecular flexibility index (Phi) is 6.01. The van der Waals surface area contributed by atoms with Crippen molar-refractivity contribution in [3.05, 3.63) is 35.4 Å². The van der Waals surface area contributed by atoms with Crippen LogP contribution in [-0.2, 0) is 11.2 Å². The summed E-state index contributed by atoms with van der Waals surface area (Å²) < 4.78 is 0. The molecule has 0 spiro atoms. The lowest BCUT2D eigenvalue weighted by molar-refractivity contribution is -0.121. The number of aryl methyl sites for hydroxylation is 1. The molecule has 1 amide bonds. The topological polar surface area (TPSA) is 64.9 Å². The van der Waals surface area contributed by atoms with Crippen molar-refractivity contribution in [2.24, 2.45) is 11.8 Å². The van der Waals surface area contributed by atoms with E-state index in [-0.39, 0.29) is 18.5 Å². The highest BCUT2D eigenvalue weighted by Gasteiger charge is 2.42. The SMILES string of the molecule is CCc1ccc([C@H](NCC(=O)N[C@@](C)(C#N)C2CC2)C(C)C)cc1. The van der Waals surface area contributed by atoms with Gasteiger partial charge in [0.15, 0.2) is 0 Å². The molecule has 1 aromatic carbocycles. The molecule has 1 aliphatic rings. The summed E-state index contributed by atoms with van der Waals surface area (Å²) >= 11 is 0. The standard InChI is InChI=1S/C20H29N3O/c1-5-15-6-8-16(9-7-15)19(14(2)3)22-12-18(24)23-20(4,13-21)17-10-11-17/h6-9,14,17,19,22H,5,10-12H2,1-4H3,(H,23,24)/t19-,20+/m1/s1. The van der Waals surface area contributed by atoms with Crippen molar-refractivity contribution in [1.29, 1.82) is 5.26 Å². The molecule has 1 aromatic rings. The summed E-state index contributed by atoms with van der Waals surface area (Å²) in [6, 6.07) is 11.0. The Morgan fingerprint density at radius 1 is 1.33 bits per heavy atom. The fourth-order valence-corrected chi connectivity index (χ4v) is 3.12. The van der Waals surface area contributed by atoms with Crippen LogP contribution < -0.4 is 10.6 Å². The van der Waals surface area contributed by atoms with Crippen LogP contribution in [0.25, 0.3) is 0 Å². The van der Waals surface area contributed by atoms with Gasteiger partial charge in [-0.2, -0.15) is 5.26 Å². The smallest absolute Gasteiger partial charge is 0.235 e. The minimum Gasteiger partial charge on any atom is -0.337 e. The number of hydrogen-bond donors (Lipinski definition) is 2. The predicted molar refractivity (Wildman–Crippen MR) is 96.3 cm³/mol. The summed E-state index contributed by atoms with van der Waals surface area (Å²) in [5, 5.41) is 15.6. The number of nitrogens with zero attached hydrogens (tertiary/aromatic N) is 1. The fourth-order valence-electron chi connectivity index (χ4n) is 3.12. The molecule has 2 atom stereocenters. The van der Waals surface area contributed by atoms with E-state index < -0.39 is 5.54 Å². The Morgan fingerprint density at radius 2 is 1.96 bits per heavy atom. The maximum Gasteiger partial charge on any atom is 0.235 e. The van der Waals surface area contributed by atoms with E-state index in [2.05, 4.69) is 61.7 Å². The van der Waals surface area contributed by atoms with E-state index in [1.807, 2.05) is 6.92 Å². The van der Waals surface area contributed by atoms with E-state index in [1.54, 1.807) is 0 Å². The van der Waals surface area contributed by atoms with Crippen molar-refractivity contribution in [3.63, 3.8) is 0 Å². The molecule has 1 aliphatic carbocycles. The van der Waals surface area contributed by atoms with Gasteiger partial charge in [-0.1, -0.05) is 45.0 Å². The van der Waals surface area contributed by atoms with Crippen molar-refractivity contribution < 1.29 is 4.79 Å². The number of benzene rings is 1. The van der Waals surface area contributed by atoms with E-state index in [1.165, 1.54) is 11.1 Å². The second-order valence-electron chi connectivity index (χ2n) is 7.33. The minimum absolute atomic E-state index is 0.109. The first-order valence-corrected chi connectivity index (χ1v) is 8.94. The predicted octanol–water partition coefficient (Wildman–Crippen LogP) is 3.34. The molecule has 0 bridgehead atoms. The molecule has 24 heavy (non-hydrogen) atoms. The van der Waals surface area contributed by atoms with E-state index >= 15 is 0 Å². The summed E-state index contributed by atoms with van der Waals surface area (Å²) in [5.41, 5.74) is 1.78. The molecule has 130 valence electrons. The molecular weight excluding hydrogens is 298 g/mol. The molecule has 0 aliphatic heterocycles. The maximum atomic E-state index is 12.3. The lowest BCUT2D eigenvalue weighted by atomic mass is 9.94. The van der Waals surface area contributed by atoms with Gasteiger partial charge in [0.2, 0.25) is 5.91 Å². The number of amides is 1. The van der Waals surface area contributed by atoms with Gasteiger partial charge in [0, 0.05) is 6.04 Å². The number of carbonyl (C=O) groups excluding carboxylic acids is 1. The van der Waals surface area contributed by atoms with Crippen LogP contribution >= 0.6 is 0 Å². The Bertz CT molecular complexity index is 598. The van der Waals surface area contributed by atoms with Crippen molar-refractivity contribution in [2.45, 2.75) is 58.5 Å². The Hall–Kier alpha value is -1.86. The van der Waals surface area contributed by atoms with Crippen LogP contribution in [0.4, 0.5) is 0 Å². The van der Waals surface area contributed by atoms with Crippen LogP contribution in [0.3, 0.4) is 0 Å². The van der Waals surface area contributed by atoms with Gasteiger partial charge in [0.1, 0.15) is 5.54 Å². The zero-order valence-corrected chi connectivity index (χ0v) is 15.2. The van der Waals surface area contributed by atoms with Gasteiger partial charge in [-0.3, -0.25) is 4.79 Å². The van der Waals surface area contributed by atoms with Gasteiger partial charge in [0.25, 0.3) is 0 Å². The second-order valence-corrected chi connectivity index (χ2v) is 7.33. The third-order valence-electron chi connectivity index (χ3n) is 4.92. The second kappa shape index (κ2) is 7.81. The highest BCUT2D eigenvalue weighted by atomic mass is 16.2. The number of carbonyl (C=O) groups is 1. The van der Waals surface area contributed by atoms with E-state index in [4.69, 9.17) is 0 Å². The van der Waals surface area contributed by atoms with Crippen molar-refractivity contribution in [1.82, 2.24) is 10.6 Å². The Morgan fingerprint density at radius 3 is 2.42 bits per heavy atom. The summed E-state index contributed by atoms with van der Waals surface area (Å²) in [7, 11) is 0. The number of nitriles is 1. The first-order valence-electron chi connectivity index (χ1n) is 8.94. The average molecular weight is 327 g/mol. The molecular formula is C20H29N3O. The number of nitrogens with one attached hydrogen (secondary N) is 2. The molecule has 0 heterocycles. The van der Waals surface area contributed by atoms with Crippen molar-refractivity contribution in [2.75, 3.05) is 6.54 Å². The fraction of sp³-hybridized carbons (Fsp3) is 0.600. The average Bonchev–Trinajstić information content (AvgIpc) is 3.40. The van der Waals surface area contributed by atoms with Gasteiger partial charge >= 0.3 is 0 Å². The van der Waals surface area contributed by atoms with Crippen LogP contribution in [0.2, 0.25) is 0 Å². The molecule has 0 radical (unpaired) electrons. The summed E-state index contributed by atoms with van der Waals surface area (Å²) in [4.78, 5) is 12.3. The number of hydrogen-bond acceptors (Lipinski definition) is 3. The maximum absolute atomic E-state index is 12.3. The number of rotatable bonds is 8. The molecule has 4 nitrogen and oxygen atoms in total. The highest BCUT2D eigenvalue weighted by molar-refractivity contribution is 5.79. The van der Waals surface area contributed by atoms with Crippen molar-refractivity contribution >= 4 is 5.91 Å². The van der Waals surface area contributed by atoms with Gasteiger partial charge < -0.3 is 10.6 Å². The van der Waals surface area contributed by atoms with Crippen LogP contribution in [0.1, 0.15) is 57.7 Å². The molecule has 4 heteroatoms. The van der Waals surface area contributed by atoms with E-state index in [9.17, 15) is 10.1 Å². The monoisotopic (exact) mass is 327 g/mol. The largest absolute Gasteiger partial charge is 0.337 e. The van der Waals surface area contributed by atoms with Crippen LogP contribution in [0.5, 0.6) is 0 Å². The third-order valence-corrected chi connectivity index (χ3v) is 4.92. The first-order chi connectivity index (χ1) is 11.4. The van der Waals surface area contributed by atoms with Crippen LogP contribution in [0.15, 0.2) is 24.3 Å². The summed E-state index contributed by atoms with van der Waals surface area (Å²) in [5.74, 6) is 0.562. The van der Waals surface area contributed by atoms with E-state index in [0.717, 1.165) is 19.3 Å². The quantitative estimate of drug-likeness (QED) is 0.769. The van der Waals surface area contributed by atoms with Gasteiger partial charge in [-0.15, -0.1) is 0 Å². The lowest BCUT2D eigenvalue weighted by Gasteiger charge is -2.26. The van der Waals surface area contributed by atoms with Gasteiger partial charge in [0.05, 0.1) is 12.6 Å². The van der Waals surface area contributed by atoms with E-state index in [0.29, 0.717) is 11.8 Å². The van der Waals surface area contributed by atoms with Gasteiger partial charge in [-0.25, -0.2) is 0 Å². The molecule has 2 rings (SSSR count). The lowest BCUT2D eigenvalue weighted by Crippen LogP contribution is -2.50. The normalized spacial score (nSPS) is 17.8. The Labute approximate surface area is 145 Å². The van der Waals surface area contributed by atoms with Crippen LogP contribution in [-0.4, -0.2) is 18.0 Å². The zero-order valence-electron chi connectivity index (χ0n) is 15.2.